The number of nitrogens with one attached hydrogen (secondary N) is 1. The maximum absolute atomic E-state index is 12.2. The Hall–Kier alpha value is -3.09. The number of fused-ring (bicyclic) bond motifs is 1. The second-order valence-electron chi connectivity index (χ2n) is 7.56. The molecule has 1 amide bonds. The third-order valence-corrected chi connectivity index (χ3v) is 4.03. The zero-order valence-electron chi connectivity index (χ0n) is 16.1. The molecule has 0 spiro atoms. The SMILES string of the molecule is Cc1cc2nc(COc3cc(NC(=O)C(C)(C)C)ccc3C)cc(=O)n2o1. The van der Waals surface area contributed by atoms with Crippen LogP contribution >= 0.6 is 0 Å². The molecule has 0 aliphatic carbocycles. The molecular formula is C20H23N3O4. The van der Waals surface area contributed by atoms with Crippen LogP contribution in [0.15, 0.2) is 39.6 Å². The summed E-state index contributed by atoms with van der Waals surface area (Å²) in [5, 5.41) is 2.88. The Morgan fingerprint density at radius 1 is 1.22 bits per heavy atom. The molecule has 0 saturated carbocycles. The Kier molecular flexibility index (Phi) is 4.78. The van der Waals surface area contributed by atoms with Gasteiger partial charge in [0, 0.05) is 29.3 Å². The molecule has 1 aromatic carbocycles. The van der Waals surface area contributed by atoms with Crippen molar-refractivity contribution in [3.63, 3.8) is 0 Å². The van der Waals surface area contributed by atoms with Gasteiger partial charge in [-0.1, -0.05) is 26.8 Å². The summed E-state index contributed by atoms with van der Waals surface area (Å²) in [4.78, 5) is 28.6. The second-order valence-corrected chi connectivity index (χ2v) is 7.56. The smallest absolute Gasteiger partial charge is 0.287 e. The van der Waals surface area contributed by atoms with Crippen molar-refractivity contribution < 1.29 is 14.1 Å². The first-order valence-electron chi connectivity index (χ1n) is 8.68. The number of carbonyl (C=O) groups is 1. The van der Waals surface area contributed by atoms with Gasteiger partial charge in [0.2, 0.25) is 5.91 Å². The summed E-state index contributed by atoms with van der Waals surface area (Å²) in [7, 11) is 0. The number of anilines is 1. The van der Waals surface area contributed by atoms with Crippen LogP contribution < -0.4 is 15.6 Å². The number of hydrogen-bond acceptors (Lipinski definition) is 5. The number of hydrogen-bond donors (Lipinski definition) is 1. The van der Waals surface area contributed by atoms with Gasteiger partial charge in [0.1, 0.15) is 18.1 Å². The zero-order valence-corrected chi connectivity index (χ0v) is 16.1. The van der Waals surface area contributed by atoms with Crippen LogP contribution in [0, 0.1) is 19.3 Å². The van der Waals surface area contributed by atoms with Crippen molar-refractivity contribution in [2.75, 3.05) is 5.32 Å². The molecule has 0 atom stereocenters. The highest BCUT2D eigenvalue weighted by atomic mass is 16.5. The molecule has 2 aromatic heterocycles. The number of aromatic nitrogens is 2. The largest absolute Gasteiger partial charge is 0.487 e. The molecule has 3 rings (SSSR count). The fourth-order valence-corrected chi connectivity index (χ4v) is 2.45. The lowest BCUT2D eigenvalue weighted by Crippen LogP contribution is -2.27. The Bertz CT molecular complexity index is 1060. The van der Waals surface area contributed by atoms with Gasteiger partial charge < -0.3 is 14.6 Å². The molecule has 1 N–H and O–H groups in total. The fraction of sp³-hybridized carbons (Fsp3) is 0.350. The molecule has 3 aromatic rings. The number of rotatable bonds is 4. The minimum atomic E-state index is -0.490. The summed E-state index contributed by atoms with van der Waals surface area (Å²) in [6.45, 7) is 9.36. The number of amides is 1. The van der Waals surface area contributed by atoms with Crippen molar-refractivity contribution in [2.24, 2.45) is 5.41 Å². The third kappa shape index (κ3) is 4.19. The molecule has 2 heterocycles. The van der Waals surface area contributed by atoms with E-state index in [0.717, 1.165) is 10.1 Å². The van der Waals surface area contributed by atoms with E-state index in [1.165, 1.54) is 6.07 Å². The van der Waals surface area contributed by atoms with Gasteiger partial charge in [0.05, 0.1) is 5.69 Å². The maximum Gasteiger partial charge on any atom is 0.287 e. The van der Waals surface area contributed by atoms with E-state index in [0.29, 0.717) is 28.5 Å². The molecule has 27 heavy (non-hydrogen) atoms. The first-order valence-corrected chi connectivity index (χ1v) is 8.68. The number of aryl methyl sites for hydroxylation is 2. The highest BCUT2D eigenvalue weighted by Crippen LogP contribution is 2.25. The molecule has 7 nitrogen and oxygen atoms in total. The zero-order chi connectivity index (χ0) is 19.8. The molecule has 0 radical (unpaired) electrons. The minimum Gasteiger partial charge on any atom is -0.487 e. The number of ether oxygens (including phenoxy) is 1. The highest BCUT2D eigenvalue weighted by Gasteiger charge is 2.21. The minimum absolute atomic E-state index is 0.0761. The monoisotopic (exact) mass is 369 g/mol. The van der Waals surface area contributed by atoms with Crippen LogP contribution in [0.1, 0.15) is 37.8 Å². The molecule has 0 saturated heterocycles. The van der Waals surface area contributed by atoms with Gasteiger partial charge in [-0.2, -0.15) is 0 Å². The van der Waals surface area contributed by atoms with Gasteiger partial charge in [-0.3, -0.25) is 9.59 Å². The molecule has 0 bridgehead atoms. The van der Waals surface area contributed by atoms with Gasteiger partial charge >= 0.3 is 0 Å². The number of nitrogens with zero attached hydrogens (tertiary/aromatic N) is 2. The Morgan fingerprint density at radius 2 is 1.96 bits per heavy atom. The molecule has 0 fully saturated rings. The highest BCUT2D eigenvalue weighted by molar-refractivity contribution is 5.94. The summed E-state index contributed by atoms with van der Waals surface area (Å²) in [5.41, 5.74) is 1.74. The molecule has 0 unspecified atom stereocenters. The van der Waals surface area contributed by atoms with Crippen LogP contribution in [-0.4, -0.2) is 15.5 Å². The lowest BCUT2D eigenvalue weighted by atomic mass is 9.95. The van der Waals surface area contributed by atoms with Gasteiger partial charge in [0.25, 0.3) is 5.56 Å². The van der Waals surface area contributed by atoms with Crippen LogP contribution in [0.2, 0.25) is 0 Å². The van der Waals surface area contributed by atoms with Crippen LogP contribution in [0.3, 0.4) is 0 Å². The summed E-state index contributed by atoms with van der Waals surface area (Å²) in [5.74, 6) is 1.15. The van der Waals surface area contributed by atoms with Crippen molar-refractivity contribution in [1.29, 1.82) is 0 Å². The van der Waals surface area contributed by atoms with Gasteiger partial charge in [-0.15, -0.1) is 4.57 Å². The lowest BCUT2D eigenvalue weighted by molar-refractivity contribution is -0.123. The third-order valence-electron chi connectivity index (χ3n) is 4.03. The predicted octanol–water partition coefficient (Wildman–Crippen LogP) is 3.47. The quantitative estimate of drug-likeness (QED) is 0.761. The van der Waals surface area contributed by atoms with E-state index < -0.39 is 5.41 Å². The van der Waals surface area contributed by atoms with E-state index >= 15 is 0 Å². The Morgan fingerprint density at radius 3 is 2.67 bits per heavy atom. The Labute approximate surface area is 156 Å². The van der Waals surface area contributed by atoms with E-state index in [4.69, 9.17) is 9.26 Å². The van der Waals surface area contributed by atoms with Crippen molar-refractivity contribution in [3.05, 3.63) is 57.7 Å². The van der Waals surface area contributed by atoms with Crippen LogP contribution in [0.5, 0.6) is 5.75 Å². The fourth-order valence-electron chi connectivity index (χ4n) is 2.45. The van der Waals surface area contributed by atoms with Gasteiger partial charge in [0.15, 0.2) is 5.65 Å². The standard InChI is InChI=1S/C20H23N3O4/c1-12-6-7-14(22-19(25)20(3,4)5)9-16(12)26-11-15-10-18(24)23-17(21-15)8-13(2)27-23/h6-10H,11H2,1-5H3,(H,22,25). The summed E-state index contributed by atoms with van der Waals surface area (Å²) in [6, 6.07) is 8.55. The van der Waals surface area contributed by atoms with E-state index in [1.54, 1.807) is 19.1 Å². The first kappa shape index (κ1) is 18.7. The predicted molar refractivity (Wildman–Crippen MR) is 102 cm³/mol. The average Bonchev–Trinajstić information content (AvgIpc) is 2.95. The summed E-state index contributed by atoms with van der Waals surface area (Å²) < 4.78 is 12.3. The van der Waals surface area contributed by atoms with Crippen LogP contribution in [0.25, 0.3) is 5.65 Å². The van der Waals surface area contributed by atoms with Crippen molar-refractivity contribution in [2.45, 2.75) is 41.2 Å². The van der Waals surface area contributed by atoms with Gasteiger partial charge in [-0.25, -0.2) is 4.98 Å². The molecule has 142 valence electrons. The van der Waals surface area contributed by atoms with Gasteiger partial charge in [-0.05, 0) is 25.5 Å². The second kappa shape index (κ2) is 6.90. The molecule has 7 heteroatoms. The van der Waals surface area contributed by atoms with E-state index in [-0.39, 0.29) is 18.1 Å². The van der Waals surface area contributed by atoms with Crippen molar-refractivity contribution in [1.82, 2.24) is 9.56 Å². The number of benzene rings is 1. The van der Waals surface area contributed by atoms with Crippen molar-refractivity contribution in [3.8, 4) is 5.75 Å². The van der Waals surface area contributed by atoms with E-state index in [2.05, 4.69) is 10.3 Å². The lowest BCUT2D eigenvalue weighted by Gasteiger charge is -2.18. The Balaban J connectivity index is 1.78. The molecule has 0 aliphatic heterocycles. The maximum atomic E-state index is 12.2. The van der Waals surface area contributed by atoms with Crippen LogP contribution in [0.4, 0.5) is 5.69 Å². The normalized spacial score (nSPS) is 11.6. The molecule has 0 aliphatic rings. The molecular weight excluding hydrogens is 346 g/mol. The van der Waals surface area contributed by atoms with Crippen LogP contribution in [-0.2, 0) is 11.4 Å². The topological polar surface area (TPSA) is 85.8 Å². The summed E-state index contributed by atoms with van der Waals surface area (Å²) >= 11 is 0. The summed E-state index contributed by atoms with van der Waals surface area (Å²) in [6.07, 6.45) is 0. The number of carbonyl (C=O) groups excluding carboxylic acids is 1. The van der Waals surface area contributed by atoms with E-state index in [9.17, 15) is 9.59 Å². The first-order chi connectivity index (χ1) is 12.6. The van der Waals surface area contributed by atoms with Crippen molar-refractivity contribution >= 4 is 17.2 Å². The average molecular weight is 369 g/mol. The van der Waals surface area contributed by atoms with E-state index in [1.807, 2.05) is 39.8 Å².